The molecule has 0 aliphatic carbocycles. The van der Waals surface area contributed by atoms with Crippen LogP contribution in [0, 0.1) is 0 Å². The Kier molecular flexibility index (Phi) is 13.5. The summed E-state index contributed by atoms with van der Waals surface area (Å²) in [7, 11) is 3.51. The zero-order chi connectivity index (χ0) is 18.5. The van der Waals surface area contributed by atoms with Crippen LogP contribution in [0.4, 0.5) is 0 Å². The summed E-state index contributed by atoms with van der Waals surface area (Å²) in [5.74, 6) is 0.869. The van der Waals surface area contributed by atoms with Gasteiger partial charge in [0.15, 0.2) is 5.96 Å². The molecule has 0 spiro atoms. The topological polar surface area (TPSA) is 58.1 Å². The van der Waals surface area contributed by atoms with E-state index in [1.165, 1.54) is 24.9 Å². The molecule has 0 saturated carbocycles. The van der Waals surface area contributed by atoms with Crippen molar-refractivity contribution in [2.45, 2.75) is 31.8 Å². The van der Waals surface area contributed by atoms with Crippen molar-refractivity contribution in [3.05, 3.63) is 35.9 Å². The lowest BCUT2D eigenvalue weighted by Gasteiger charge is -2.25. The zero-order valence-corrected chi connectivity index (χ0v) is 19.0. The Morgan fingerprint density at radius 1 is 1.19 bits per heavy atom. The summed E-state index contributed by atoms with van der Waals surface area (Å²) in [5.41, 5.74) is 1.38. The van der Waals surface area contributed by atoms with E-state index in [0.29, 0.717) is 19.3 Å². The molecule has 2 N–H and O–H groups in total. The number of hydrogen-bond acceptors (Lipinski definition) is 4. The number of ether oxygens (including phenoxy) is 2. The van der Waals surface area contributed by atoms with Gasteiger partial charge in [0, 0.05) is 46.4 Å². The van der Waals surface area contributed by atoms with Gasteiger partial charge >= 0.3 is 0 Å². The molecule has 1 aliphatic rings. The maximum atomic E-state index is 5.47. The number of benzene rings is 1. The first-order valence-corrected chi connectivity index (χ1v) is 9.62. The predicted octanol–water partition coefficient (Wildman–Crippen LogP) is 2.49. The molecular formula is C20H35IN4O2. The molecule has 0 radical (unpaired) electrons. The second-order valence-corrected chi connectivity index (χ2v) is 6.59. The number of likely N-dealkylation sites (tertiary alicyclic amines) is 1. The highest BCUT2D eigenvalue weighted by molar-refractivity contribution is 14.0. The van der Waals surface area contributed by atoms with Gasteiger partial charge in [-0.1, -0.05) is 30.3 Å². The number of rotatable bonds is 11. The minimum absolute atomic E-state index is 0. The van der Waals surface area contributed by atoms with E-state index in [2.05, 4.69) is 50.9 Å². The summed E-state index contributed by atoms with van der Waals surface area (Å²) >= 11 is 0. The van der Waals surface area contributed by atoms with Gasteiger partial charge in [-0.2, -0.15) is 0 Å². The highest BCUT2D eigenvalue weighted by Gasteiger charge is 2.24. The second kappa shape index (κ2) is 15.1. The normalized spacial score (nSPS) is 17.6. The van der Waals surface area contributed by atoms with Gasteiger partial charge in [-0.15, -0.1) is 24.0 Å². The van der Waals surface area contributed by atoms with Crippen LogP contribution in [0.25, 0.3) is 0 Å². The number of aliphatic imine (C=N–C) groups is 1. The third-order valence-electron chi connectivity index (χ3n) is 4.65. The summed E-state index contributed by atoms with van der Waals surface area (Å²) in [6.07, 6.45) is 3.46. The number of methoxy groups -OCH3 is 1. The van der Waals surface area contributed by atoms with E-state index in [1.807, 2.05) is 7.05 Å². The minimum atomic E-state index is 0. The first kappa shape index (κ1) is 24.1. The van der Waals surface area contributed by atoms with Crippen LogP contribution in [0.2, 0.25) is 0 Å². The lowest BCUT2D eigenvalue weighted by atomic mass is 10.2. The van der Waals surface area contributed by atoms with Gasteiger partial charge in [-0.3, -0.25) is 9.89 Å². The minimum Gasteiger partial charge on any atom is -0.382 e. The van der Waals surface area contributed by atoms with Crippen molar-refractivity contribution in [2.75, 3.05) is 53.6 Å². The molecule has 1 unspecified atom stereocenters. The Morgan fingerprint density at radius 2 is 2.00 bits per heavy atom. The molecule has 0 amide bonds. The predicted molar refractivity (Wildman–Crippen MR) is 122 cm³/mol. The maximum absolute atomic E-state index is 5.47. The summed E-state index contributed by atoms with van der Waals surface area (Å²) in [4.78, 5) is 6.89. The molecule has 1 aromatic rings. The number of nitrogens with zero attached hydrogens (tertiary/aromatic N) is 2. The molecule has 1 heterocycles. The van der Waals surface area contributed by atoms with Crippen molar-refractivity contribution < 1.29 is 9.47 Å². The lowest BCUT2D eigenvalue weighted by molar-refractivity contribution is 0.0698. The average molecular weight is 490 g/mol. The van der Waals surface area contributed by atoms with Gasteiger partial charge in [-0.25, -0.2) is 0 Å². The molecule has 0 bridgehead atoms. The van der Waals surface area contributed by atoms with E-state index < -0.39 is 0 Å². The Hall–Kier alpha value is -0.900. The van der Waals surface area contributed by atoms with Gasteiger partial charge in [0.1, 0.15) is 0 Å². The maximum Gasteiger partial charge on any atom is 0.191 e. The van der Waals surface area contributed by atoms with Gasteiger partial charge in [0.25, 0.3) is 0 Å². The van der Waals surface area contributed by atoms with Crippen molar-refractivity contribution >= 4 is 29.9 Å². The van der Waals surface area contributed by atoms with Crippen LogP contribution in [0.5, 0.6) is 0 Å². The third-order valence-corrected chi connectivity index (χ3v) is 4.65. The summed E-state index contributed by atoms with van der Waals surface area (Å²) < 4.78 is 10.4. The van der Waals surface area contributed by atoms with Crippen molar-refractivity contribution in [3.63, 3.8) is 0 Å². The van der Waals surface area contributed by atoms with Gasteiger partial charge < -0.3 is 20.1 Å². The van der Waals surface area contributed by atoms with Crippen molar-refractivity contribution in [2.24, 2.45) is 4.99 Å². The largest absolute Gasteiger partial charge is 0.382 e. The quantitative estimate of drug-likeness (QED) is 0.216. The smallest absolute Gasteiger partial charge is 0.191 e. The Balaban J connectivity index is 0.00000364. The van der Waals surface area contributed by atoms with Crippen molar-refractivity contribution in [1.82, 2.24) is 15.5 Å². The molecule has 154 valence electrons. The van der Waals surface area contributed by atoms with Gasteiger partial charge in [0.2, 0.25) is 0 Å². The van der Waals surface area contributed by atoms with Crippen LogP contribution in [0.15, 0.2) is 35.3 Å². The molecule has 6 nitrogen and oxygen atoms in total. The molecular weight excluding hydrogens is 455 g/mol. The van der Waals surface area contributed by atoms with E-state index in [0.717, 1.165) is 38.6 Å². The molecule has 1 atom stereocenters. The first-order chi connectivity index (χ1) is 12.8. The SMILES string of the molecule is CN=C(NCCCOCCOC)NCC1CCCN1Cc1ccccc1.I. The van der Waals surface area contributed by atoms with Crippen molar-refractivity contribution in [3.8, 4) is 0 Å². The fraction of sp³-hybridized carbons (Fsp3) is 0.650. The van der Waals surface area contributed by atoms with Crippen LogP contribution in [0.1, 0.15) is 24.8 Å². The van der Waals surface area contributed by atoms with Crippen LogP contribution in [0.3, 0.4) is 0 Å². The Morgan fingerprint density at radius 3 is 2.74 bits per heavy atom. The fourth-order valence-corrected chi connectivity index (χ4v) is 3.21. The monoisotopic (exact) mass is 490 g/mol. The summed E-state index contributed by atoms with van der Waals surface area (Å²) in [6, 6.07) is 11.3. The van der Waals surface area contributed by atoms with Crippen LogP contribution in [-0.4, -0.2) is 70.5 Å². The summed E-state index contributed by atoms with van der Waals surface area (Å²) in [6.45, 7) is 6.02. The second-order valence-electron chi connectivity index (χ2n) is 6.59. The zero-order valence-electron chi connectivity index (χ0n) is 16.7. The summed E-state index contributed by atoms with van der Waals surface area (Å²) in [5, 5.41) is 6.83. The van der Waals surface area contributed by atoms with E-state index in [1.54, 1.807) is 7.11 Å². The standard InChI is InChI=1S/C20H34N4O2.HI/c1-21-20(22-11-7-13-26-15-14-25-2)23-16-19-10-6-12-24(19)17-18-8-4-3-5-9-18;/h3-5,8-9,19H,6-7,10-17H2,1-2H3,(H2,21,22,23);1H. The van der Waals surface area contributed by atoms with E-state index in [9.17, 15) is 0 Å². The Labute approximate surface area is 181 Å². The highest BCUT2D eigenvalue weighted by Crippen LogP contribution is 2.19. The van der Waals surface area contributed by atoms with Crippen LogP contribution < -0.4 is 10.6 Å². The van der Waals surface area contributed by atoms with E-state index >= 15 is 0 Å². The number of nitrogens with one attached hydrogen (secondary N) is 2. The van der Waals surface area contributed by atoms with Gasteiger partial charge in [-0.05, 0) is 31.4 Å². The molecule has 7 heteroatoms. The average Bonchev–Trinajstić information content (AvgIpc) is 3.11. The molecule has 0 aromatic heterocycles. The number of halogens is 1. The van der Waals surface area contributed by atoms with E-state index in [-0.39, 0.29) is 24.0 Å². The van der Waals surface area contributed by atoms with Gasteiger partial charge in [0.05, 0.1) is 13.2 Å². The molecule has 1 saturated heterocycles. The third kappa shape index (κ3) is 9.73. The first-order valence-electron chi connectivity index (χ1n) is 9.62. The molecule has 2 rings (SSSR count). The van der Waals surface area contributed by atoms with Crippen molar-refractivity contribution in [1.29, 1.82) is 0 Å². The fourth-order valence-electron chi connectivity index (χ4n) is 3.21. The molecule has 1 aliphatic heterocycles. The molecule has 1 aromatic carbocycles. The van der Waals surface area contributed by atoms with Crippen LogP contribution in [-0.2, 0) is 16.0 Å². The lowest BCUT2D eigenvalue weighted by Crippen LogP contribution is -2.45. The number of hydrogen-bond donors (Lipinski definition) is 2. The van der Waals surface area contributed by atoms with Crippen LogP contribution >= 0.6 is 24.0 Å². The molecule has 27 heavy (non-hydrogen) atoms. The molecule has 1 fully saturated rings. The number of guanidine groups is 1. The van der Waals surface area contributed by atoms with E-state index in [4.69, 9.17) is 9.47 Å². The highest BCUT2D eigenvalue weighted by atomic mass is 127. The Bertz CT molecular complexity index is 516.